The van der Waals surface area contributed by atoms with Crippen LogP contribution in [0.4, 0.5) is 0 Å². The maximum absolute atomic E-state index is 10.1. The molecule has 1 aliphatic rings. The van der Waals surface area contributed by atoms with Gasteiger partial charge in [-0.3, -0.25) is 0 Å². The summed E-state index contributed by atoms with van der Waals surface area (Å²) in [6.45, 7) is 0.876. The predicted molar refractivity (Wildman–Crippen MR) is 128 cm³/mol. The van der Waals surface area contributed by atoms with Crippen LogP contribution in [0.2, 0.25) is 0 Å². The van der Waals surface area contributed by atoms with Gasteiger partial charge in [0.05, 0.1) is 26.4 Å². The van der Waals surface area contributed by atoms with Crippen molar-refractivity contribution in [1.29, 1.82) is 0 Å². The molecule has 0 saturated carbocycles. The van der Waals surface area contributed by atoms with E-state index in [4.69, 9.17) is 23.7 Å². The number of hydrogen-bond acceptors (Lipinski definition) is 6. The highest BCUT2D eigenvalue weighted by Gasteiger charge is 2.48. The van der Waals surface area contributed by atoms with E-state index in [0.717, 1.165) is 16.7 Å². The molecule has 1 N–H and O–H groups in total. The number of rotatable bonds is 11. The third-order valence-electron chi connectivity index (χ3n) is 5.86. The molecule has 0 spiro atoms. The minimum atomic E-state index is -0.710. The molecule has 4 rings (SSSR count). The van der Waals surface area contributed by atoms with Gasteiger partial charge in [-0.25, -0.2) is 0 Å². The summed E-state index contributed by atoms with van der Waals surface area (Å²) in [4.78, 5) is 0. The van der Waals surface area contributed by atoms with Crippen molar-refractivity contribution in [2.75, 3.05) is 13.7 Å². The van der Waals surface area contributed by atoms with Crippen molar-refractivity contribution in [3.63, 3.8) is 0 Å². The molecular weight excluding hydrogens is 433 g/mol. The summed E-state index contributed by atoms with van der Waals surface area (Å²) in [7, 11) is 1.57. The molecule has 0 unspecified atom stereocenters. The minimum absolute atomic E-state index is 0.226. The van der Waals surface area contributed by atoms with Crippen LogP contribution < -0.4 is 0 Å². The van der Waals surface area contributed by atoms with Gasteiger partial charge >= 0.3 is 0 Å². The predicted octanol–water partition coefficient (Wildman–Crippen LogP) is 4.11. The van der Waals surface area contributed by atoms with Crippen molar-refractivity contribution in [1.82, 2.24) is 0 Å². The summed E-state index contributed by atoms with van der Waals surface area (Å²) < 4.78 is 30.7. The molecule has 34 heavy (non-hydrogen) atoms. The molecular formula is C28H32O6. The monoisotopic (exact) mass is 465 g/mol. The molecule has 3 aromatic rings. The third kappa shape index (κ3) is 6.51. The number of methoxy groups -OCH3 is 1. The molecule has 1 saturated heterocycles. The molecule has 1 aliphatic heterocycles. The molecule has 0 radical (unpaired) electrons. The van der Waals surface area contributed by atoms with Crippen molar-refractivity contribution in [3.05, 3.63) is 108 Å². The molecule has 6 nitrogen and oxygen atoms in total. The number of aliphatic hydroxyl groups excluding tert-OH is 1. The van der Waals surface area contributed by atoms with E-state index >= 15 is 0 Å². The Balaban J connectivity index is 1.56. The molecule has 0 amide bonds. The second-order valence-corrected chi connectivity index (χ2v) is 8.24. The number of aliphatic hydroxyl groups is 1. The minimum Gasteiger partial charge on any atom is -0.394 e. The molecule has 0 aromatic heterocycles. The molecule has 180 valence electrons. The summed E-state index contributed by atoms with van der Waals surface area (Å²) in [5.41, 5.74) is 3.09. The lowest BCUT2D eigenvalue weighted by Gasteiger charge is -2.45. The lowest BCUT2D eigenvalue weighted by molar-refractivity contribution is -0.321. The summed E-state index contributed by atoms with van der Waals surface area (Å²) in [5, 5.41) is 10.1. The summed E-state index contributed by atoms with van der Waals surface area (Å²) in [6, 6.07) is 29.8. The zero-order chi connectivity index (χ0) is 23.6. The van der Waals surface area contributed by atoms with Crippen molar-refractivity contribution in [2.24, 2.45) is 0 Å². The smallest absolute Gasteiger partial charge is 0.186 e. The van der Waals surface area contributed by atoms with E-state index in [0.29, 0.717) is 19.8 Å². The van der Waals surface area contributed by atoms with Gasteiger partial charge in [-0.15, -0.1) is 0 Å². The van der Waals surface area contributed by atoms with Crippen LogP contribution in [-0.2, 0) is 43.5 Å². The Morgan fingerprint density at radius 3 is 1.44 bits per heavy atom. The molecule has 5 atom stereocenters. The largest absolute Gasteiger partial charge is 0.394 e. The second kappa shape index (κ2) is 12.8. The van der Waals surface area contributed by atoms with Gasteiger partial charge in [0.15, 0.2) is 6.29 Å². The van der Waals surface area contributed by atoms with Gasteiger partial charge < -0.3 is 28.8 Å². The van der Waals surface area contributed by atoms with Gasteiger partial charge in [-0.1, -0.05) is 91.0 Å². The standard InChI is InChI=1S/C28H32O6/c1-30-28-27(33-20-23-15-9-4-10-16-23)26(32-19-22-13-7-3-8-14-22)25(24(17-29)34-28)31-18-21-11-5-2-6-12-21/h2-16,24-29H,17-20H2,1H3/t24-,25-,26+,27-,28+/m1/s1/i29+1. The zero-order valence-electron chi connectivity index (χ0n) is 19.4. The van der Waals surface area contributed by atoms with E-state index < -0.39 is 30.7 Å². The highest BCUT2D eigenvalue weighted by atomic mass is 17.2. The van der Waals surface area contributed by atoms with Crippen molar-refractivity contribution >= 4 is 0 Å². The van der Waals surface area contributed by atoms with Crippen LogP contribution in [0.3, 0.4) is 0 Å². The molecule has 0 bridgehead atoms. The van der Waals surface area contributed by atoms with Gasteiger partial charge in [0.2, 0.25) is 0 Å². The lowest BCUT2D eigenvalue weighted by atomic mass is 9.98. The maximum atomic E-state index is 10.1. The average Bonchev–Trinajstić information content (AvgIpc) is 2.91. The quantitative estimate of drug-likeness (QED) is 0.460. The van der Waals surface area contributed by atoms with E-state index in [1.807, 2.05) is 91.0 Å². The normalized spacial score (nSPS) is 24.7. The van der Waals surface area contributed by atoms with E-state index in [9.17, 15) is 5.11 Å². The van der Waals surface area contributed by atoms with Crippen LogP contribution in [-0.4, -0.2) is 49.5 Å². The van der Waals surface area contributed by atoms with Crippen LogP contribution >= 0.6 is 0 Å². The molecule has 1 fully saturated rings. The fraction of sp³-hybridized carbons (Fsp3) is 0.357. The van der Waals surface area contributed by atoms with Gasteiger partial charge in [-0.05, 0) is 16.7 Å². The van der Waals surface area contributed by atoms with E-state index in [2.05, 4.69) is 0 Å². The zero-order valence-corrected chi connectivity index (χ0v) is 19.4. The van der Waals surface area contributed by atoms with Crippen molar-refractivity contribution in [3.8, 4) is 0 Å². The van der Waals surface area contributed by atoms with Crippen LogP contribution in [0.1, 0.15) is 16.7 Å². The van der Waals surface area contributed by atoms with Gasteiger partial charge in [0, 0.05) is 7.11 Å². The Kier molecular flexibility index (Phi) is 9.21. The fourth-order valence-corrected chi connectivity index (χ4v) is 4.08. The first kappa shape index (κ1) is 24.5. The Hall–Kier alpha value is -2.58. The van der Waals surface area contributed by atoms with Crippen molar-refractivity contribution in [2.45, 2.75) is 50.5 Å². The first-order valence-electron chi connectivity index (χ1n) is 11.5. The molecule has 3 aromatic carbocycles. The van der Waals surface area contributed by atoms with E-state index in [-0.39, 0.29) is 6.61 Å². The van der Waals surface area contributed by atoms with E-state index in [1.54, 1.807) is 7.11 Å². The molecule has 0 aliphatic carbocycles. The lowest BCUT2D eigenvalue weighted by Crippen LogP contribution is -2.61. The highest BCUT2D eigenvalue weighted by Crippen LogP contribution is 2.30. The first-order chi connectivity index (χ1) is 16.8. The third-order valence-corrected chi connectivity index (χ3v) is 5.86. The van der Waals surface area contributed by atoms with Crippen LogP contribution in [0.5, 0.6) is 0 Å². The van der Waals surface area contributed by atoms with Gasteiger partial charge in [0.25, 0.3) is 0 Å². The molecule has 1 heterocycles. The summed E-state index contributed by atoms with van der Waals surface area (Å²) in [6.07, 6.45) is -2.97. The van der Waals surface area contributed by atoms with E-state index in [1.165, 1.54) is 0 Å². The molecule has 6 heteroatoms. The Bertz CT molecular complexity index is 895. The number of benzene rings is 3. The van der Waals surface area contributed by atoms with Crippen molar-refractivity contribution < 1.29 is 28.8 Å². The average molecular weight is 466 g/mol. The summed E-state index contributed by atoms with van der Waals surface area (Å²) in [5.74, 6) is 0. The highest BCUT2D eigenvalue weighted by molar-refractivity contribution is 5.15. The van der Waals surface area contributed by atoms with Crippen LogP contribution in [0.25, 0.3) is 0 Å². The topological polar surface area (TPSA) is 66.4 Å². The van der Waals surface area contributed by atoms with Gasteiger partial charge in [-0.2, -0.15) is 0 Å². The first-order valence-corrected chi connectivity index (χ1v) is 11.5. The number of hydrogen-bond donors (Lipinski definition) is 1. The van der Waals surface area contributed by atoms with Gasteiger partial charge in [0.1, 0.15) is 24.4 Å². The Morgan fingerprint density at radius 1 is 0.618 bits per heavy atom. The Labute approximate surface area is 201 Å². The summed E-state index contributed by atoms with van der Waals surface area (Å²) >= 11 is 0. The van der Waals surface area contributed by atoms with Crippen LogP contribution in [0, 0.1) is 0 Å². The van der Waals surface area contributed by atoms with Crippen LogP contribution in [0.15, 0.2) is 91.0 Å². The Morgan fingerprint density at radius 2 is 1.03 bits per heavy atom. The fourth-order valence-electron chi connectivity index (χ4n) is 4.08. The maximum Gasteiger partial charge on any atom is 0.186 e. The number of ether oxygens (including phenoxy) is 5. The second-order valence-electron chi connectivity index (χ2n) is 8.24. The SMILES string of the molecule is CO[C@H]1O[C@H](C[17OH])[C@@H](OCc2ccccc2)[C@H](OCc2ccccc2)[C@H]1OCc1ccccc1.